The van der Waals surface area contributed by atoms with Gasteiger partial charge in [-0.15, -0.1) is 0 Å². The van der Waals surface area contributed by atoms with Crippen LogP contribution in [0, 0.1) is 0 Å². The van der Waals surface area contributed by atoms with Crippen molar-refractivity contribution in [3.63, 3.8) is 0 Å². The number of amides is 2. The van der Waals surface area contributed by atoms with Gasteiger partial charge in [0.05, 0.1) is 6.33 Å². The molecule has 0 bridgehead atoms. The van der Waals surface area contributed by atoms with Crippen LogP contribution >= 0.6 is 0 Å². The number of hydrogen-bond donors (Lipinski definition) is 2. The summed E-state index contributed by atoms with van der Waals surface area (Å²) in [6.45, 7) is 2.84. The highest BCUT2D eigenvalue weighted by Gasteiger charge is 2.16. The third-order valence-electron chi connectivity index (χ3n) is 4.19. The zero-order valence-corrected chi connectivity index (χ0v) is 15.1. The average molecular weight is 362 g/mol. The average Bonchev–Trinajstić information content (AvgIpc) is 3.21. The number of hydrogen-bond acceptors (Lipinski definition) is 3. The van der Waals surface area contributed by atoms with Gasteiger partial charge in [-0.05, 0) is 30.2 Å². The number of aromatic nitrogens is 2. The lowest BCUT2D eigenvalue weighted by Crippen LogP contribution is -2.44. The Balaban J connectivity index is 1.47. The van der Waals surface area contributed by atoms with Crippen LogP contribution in [0.2, 0.25) is 0 Å². The highest BCUT2D eigenvalue weighted by Crippen LogP contribution is 2.06. The summed E-state index contributed by atoms with van der Waals surface area (Å²) in [4.78, 5) is 28.4. The molecule has 0 fully saturated rings. The predicted molar refractivity (Wildman–Crippen MR) is 103 cm³/mol. The number of benzene rings is 2. The number of nitrogens with zero attached hydrogens (tertiary/aromatic N) is 2. The summed E-state index contributed by atoms with van der Waals surface area (Å²) >= 11 is 0. The maximum absolute atomic E-state index is 12.2. The maximum Gasteiger partial charge on any atom is 0.251 e. The van der Waals surface area contributed by atoms with Crippen LogP contribution in [0.5, 0.6) is 0 Å². The molecule has 2 aromatic carbocycles. The standard InChI is InChI=1S/C21H22N4O2/c1-16(24-21(27)19-5-3-2-4-6-19)20(26)23-13-17-7-9-18(10-8-17)14-25-12-11-22-15-25/h2-12,15-16H,13-14H2,1H3,(H,23,26)(H,24,27). The van der Waals surface area contributed by atoms with Gasteiger partial charge in [0.15, 0.2) is 0 Å². The fourth-order valence-corrected chi connectivity index (χ4v) is 2.63. The van der Waals surface area contributed by atoms with Crippen LogP contribution in [0.4, 0.5) is 0 Å². The van der Waals surface area contributed by atoms with Gasteiger partial charge in [0.1, 0.15) is 6.04 Å². The molecule has 3 rings (SSSR count). The van der Waals surface area contributed by atoms with Gasteiger partial charge in [-0.25, -0.2) is 4.98 Å². The molecule has 138 valence electrons. The van der Waals surface area contributed by atoms with Crippen molar-refractivity contribution in [3.8, 4) is 0 Å². The van der Waals surface area contributed by atoms with Crippen molar-refractivity contribution in [3.05, 3.63) is 90.0 Å². The largest absolute Gasteiger partial charge is 0.350 e. The molecule has 0 radical (unpaired) electrons. The molecule has 6 heteroatoms. The Kier molecular flexibility index (Phi) is 5.99. The lowest BCUT2D eigenvalue weighted by molar-refractivity contribution is -0.122. The molecular formula is C21H22N4O2. The van der Waals surface area contributed by atoms with Crippen LogP contribution in [0.3, 0.4) is 0 Å². The second kappa shape index (κ2) is 8.80. The van der Waals surface area contributed by atoms with E-state index in [2.05, 4.69) is 15.6 Å². The summed E-state index contributed by atoms with van der Waals surface area (Å²) in [5.74, 6) is -0.483. The third-order valence-corrected chi connectivity index (χ3v) is 4.19. The van der Waals surface area contributed by atoms with Crippen molar-refractivity contribution in [2.24, 2.45) is 0 Å². The van der Waals surface area contributed by atoms with E-state index in [1.807, 2.05) is 41.1 Å². The Morgan fingerprint density at radius 1 is 1.04 bits per heavy atom. The summed E-state index contributed by atoms with van der Waals surface area (Å²) in [7, 11) is 0. The zero-order chi connectivity index (χ0) is 19.1. The molecule has 27 heavy (non-hydrogen) atoms. The fourth-order valence-electron chi connectivity index (χ4n) is 2.63. The van der Waals surface area contributed by atoms with Crippen molar-refractivity contribution in [2.75, 3.05) is 0 Å². The van der Waals surface area contributed by atoms with Crippen LogP contribution < -0.4 is 10.6 Å². The van der Waals surface area contributed by atoms with E-state index < -0.39 is 6.04 Å². The summed E-state index contributed by atoms with van der Waals surface area (Å²) in [6, 6.07) is 16.3. The van der Waals surface area contributed by atoms with Crippen LogP contribution in [-0.2, 0) is 17.9 Å². The number of carbonyl (C=O) groups is 2. The summed E-state index contributed by atoms with van der Waals surface area (Å²) in [6.07, 6.45) is 5.44. The zero-order valence-electron chi connectivity index (χ0n) is 15.1. The summed E-state index contributed by atoms with van der Waals surface area (Å²) < 4.78 is 1.99. The van der Waals surface area contributed by atoms with E-state index in [1.54, 1.807) is 43.7 Å². The molecule has 3 aromatic rings. The minimum absolute atomic E-state index is 0.221. The van der Waals surface area contributed by atoms with Crippen LogP contribution in [0.25, 0.3) is 0 Å². The predicted octanol–water partition coefficient (Wildman–Crippen LogP) is 2.37. The molecule has 0 aliphatic rings. The maximum atomic E-state index is 12.2. The highest BCUT2D eigenvalue weighted by molar-refractivity contribution is 5.97. The van der Waals surface area contributed by atoms with Gasteiger partial charge in [0.25, 0.3) is 5.91 Å². The Bertz CT molecular complexity index is 874. The van der Waals surface area contributed by atoms with Gasteiger partial charge in [-0.2, -0.15) is 0 Å². The van der Waals surface area contributed by atoms with Crippen molar-refractivity contribution < 1.29 is 9.59 Å². The van der Waals surface area contributed by atoms with Crippen LogP contribution in [0.15, 0.2) is 73.3 Å². The van der Waals surface area contributed by atoms with Gasteiger partial charge >= 0.3 is 0 Å². The second-order valence-electron chi connectivity index (χ2n) is 6.33. The topological polar surface area (TPSA) is 76.0 Å². The second-order valence-corrected chi connectivity index (χ2v) is 6.33. The van der Waals surface area contributed by atoms with Gasteiger partial charge in [-0.1, -0.05) is 42.5 Å². The van der Waals surface area contributed by atoms with E-state index in [0.717, 1.165) is 17.7 Å². The van der Waals surface area contributed by atoms with Gasteiger partial charge in [-0.3, -0.25) is 9.59 Å². The quantitative estimate of drug-likeness (QED) is 0.677. The lowest BCUT2D eigenvalue weighted by atomic mass is 10.1. The fraction of sp³-hybridized carbons (Fsp3) is 0.190. The van der Waals surface area contributed by atoms with Gasteiger partial charge in [0.2, 0.25) is 5.91 Å². The number of rotatable bonds is 7. The molecule has 0 aliphatic heterocycles. The molecular weight excluding hydrogens is 340 g/mol. The van der Waals surface area contributed by atoms with E-state index >= 15 is 0 Å². The van der Waals surface area contributed by atoms with Crippen molar-refractivity contribution >= 4 is 11.8 Å². The Morgan fingerprint density at radius 3 is 2.41 bits per heavy atom. The molecule has 1 atom stereocenters. The van der Waals surface area contributed by atoms with Gasteiger partial charge in [0, 0.05) is 31.0 Å². The molecule has 0 aliphatic carbocycles. The lowest BCUT2D eigenvalue weighted by Gasteiger charge is -2.14. The van der Waals surface area contributed by atoms with Crippen LogP contribution in [0.1, 0.15) is 28.4 Å². The Morgan fingerprint density at radius 2 is 1.74 bits per heavy atom. The molecule has 1 heterocycles. The van der Waals surface area contributed by atoms with E-state index in [1.165, 1.54) is 0 Å². The summed E-state index contributed by atoms with van der Waals surface area (Å²) in [5.41, 5.74) is 2.69. The Labute approximate surface area is 158 Å². The first-order valence-electron chi connectivity index (χ1n) is 8.79. The molecule has 0 saturated heterocycles. The van der Waals surface area contributed by atoms with Crippen molar-refractivity contribution in [1.29, 1.82) is 0 Å². The molecule has 2 amide bonds. The normalized spacial score (nSPS) is 11.6. The first-order chi connectivity index (χ1) is 13.1. The monoisotopic (exact) mass is 362 g/mol. The van der Waals surface area contributed by atoms with Crippen LogP contribution in [-0.4, -0.2) is 27.4 Å². The van der Waals surface area contributed by atoms with Gasteiger partial charge < -0.3 is 15.2 Å². The molecule has 0 saturated carbocycles. The number of carbonyl (C=O) groups excluding carboxylic acids is 2. The first kappa shape index (κ1) is 18.4. The third kappa shape index (κ3) is 5.28. The molecule has 6 nitrogen and oxygen atoms in total. The van der Waals surface area contributed by atoms with Crippen molar-refractivity contribution in [2.45, 2.75) is 26.1 Å². The van der Waals surface area contributed by atoms with E-state index in [9.17, 15) is 9.59 Å². The van der Waals surface area contributed by atoms with E-state index in [0.29, 0.717) is 12.1 Å². The smallest absolute Gasteiger partial charge is 0.251 e. The minimum atomic E-state index is -0.613. The summed E-state index contributed by atoms with van der Waals surface area (Å²) in [5, 5.41) is 5.56. The molecule has 2 N–H and O–H groups in total. The Hall–Kier alpha value is -3.41. The molecule has 0 spiro atoms. The molecule has 1 unspecified atom stereocenters. The molecule has 1 aromatic heterocycles. The number of imidazole rings is 1. The van der Waals surface area contributed by atoms with E-state index in [-0.39, 0.29) is 11.8 Å². The highest BCUT2D eigenvalue weighted by atomic mass is 16.2. The SMILES string of the molecule is CC(NC(=O)c1ccccc1)C(=O)NCc1ccc(Cn2ccnc2)cc1. The number of nitrogens with one attached hydrogen (secondary N) is 2. The van der Waals surface area contributed by atoms with Crippen molar-refractivity contribution in [1.82, 2.24) is 20.2 Å². The first-order valence-corrected chi connectivity index (χ1v) is 8.79. The minimum Gasteiger partial charge on any atom is -0.350 e. The van der Waals surface area contributed by atoms with E-state index in [4.69, 9.17) is 0 Å².